The highest BCUT2D eigenvalue weighted by molar-refractivity contribution is 6.31. The van der Waals surface area contributed by atoms with E-state index in [0.29, 0.717) is 5.92 Å². The molecule has 1 heterocycles. The topological polar surface area (TPSA) is 43.8 Å². The first-order valence-corrected chi connectivity index (χ1v) is 7.05. The zero-order valence-corrected chi connectivity index (χ0v) is 11.0. The maximum Gasteiger partial charge on any atom is 0.0834 e. The van der Waals surface area contributed by atoms with Crippen LogP contribution in [-0.2, 0) is 6.54 Å². The van der Waals surface area contributed by atoms with Gasteiger partial charge in [-0.1, -0.05) is 18.0 Å². The molecule has 3 nitrogen and oxygen atoms in total. The molecule has 2 saturated carbocycles. The molecule has 2 fully saturated rings. The molecule has 0 saturated heterocycles. The predicted octanol–water partition coefficient (Wildman–Crippen LogP) is 2.99. The van der Waals surface area contributed by atoms with E-state index in [1.165, 1.54) is 25.7 Å². The zero-order chi connectivity index (χ0) is 12.0. The van der Waals surface area contributed by atoms with Crippen molar-refractivity contribution >= 4 is 11.6 Å². The monoisotopic (exact) mass is 253 g/mol. The Morgan fingerprint density at radius 3 is 2.94 bits per heavy atom. The van der Waals surface area contributed by atoms with Crippen molar-refractivity contribution in [1.82, 2.24) is 9.78 Å². The van der Waals surface area contributed by atoms with Crippen LogP contribution in [0.4, 0.5) is 0 Å². The van der Waals surface area contributed by atoms with Crippen LogP contribution in [0.1, 0.15) is 44.3 Å². The summed E-state index contributed by atoms with van der Waals surface area (Å²) in [6.07, 6.45) is 7.18. The lowest BCUT2D eigenvalue weighted by atomic mass is 9.82. The van der Waals surface area contributed by atoms with Gasteiger partial charge in [0, 0.05) is 6.54 Å². The molecule has 2 N–H and O–H groups in total. The van der Waals surface area contributed by atoms with Gasteiger partial charge in [0.15, 0.2) is 0 Å². The lowest BCUT2D eigenvalue weighted by Crippen LogP contribution is -2.28. The predicted molar refractivity (Wildman–Crippen MR) is 68.8 cm³/mol. The van der Waals surface area contributed by atoms with E-state index in [9.17, 15) is 0 Å². The Balaban J connectivity index is 1.86. The van der Waals surface area contributed by atoms with Gasteiger partial charge < -0.3 is 5.73 Å². The summed E-state index contributed by atoms with van der Waals surface area (Å²) >= 11 is 6.24. The van der Waals surface area contributed by atoms with Gasteiger partial charge in [0.1, 0.15) is 0 Å². The number of rotatable bonds is 3. The summed E-state index contributed by atoms with van der Waals surface area (Å²) in [5.74, 6) is 2.37. The highest BCUT2D eigenvalue weighted by atomic mass is 35.5. The van der Waals surface area contributed by atoms with Gasteiger partial charge in [-0.15, -0.1) is 0 Å². The van der Waals surface area contributed by atoms with Crippen LogP contribution in [0.25, 0.3) is 0 Å². The fourth-order valence-electron chi connectivity index (χ4n) is 3.89. The Hall–Kier alpha value is -0.540. The average Bonchev–Trinajstić information content (AvgIpc) is 3.01. The Bertz CT molecular complexity index is 415. The number of hydrogen-bond donors (Lipinski definition) is 1. The van der Waals surface area contributed by atoms with Crippen molar-refractivity contribution in [3.05, 3.63) is 16.9 Å². The molecular formula is C13H20ClN3. The third-order valence-electron chi connectivity index (χ3n) is 4.70. The van der Waals surface area contributed by atoms with E-state index in [1.807, 2.05) is 4.68 Å². The van der Waals surface area contributed by atoms with Crippen LogP contribution in [0.3, 0.4) is 0 Å². The number of nitrogens with two attached hydrogens (primary N) is 1. The quantitative estimate of drug-likeness (QED) is 0.900. The number of aromatic nitrogens is 2. The van der Waals surface area contributed by atoms with Gasteiger partial charge >= 0.3 is 0 Å². The largest absolute Gasteiger partial charge is 0.322 e. The van der Waals surface area contributed by atoms with Crippen LogP contribution in [-0.4, -0.2) is 9.78 Å². The fourth-order valence-corrected chi connectivity index (χ4v) is 4.16. The van der Waals surface area contributed by atoms with Gasteiger partial charge in [-0.2, -0.15) is 5.10 Å². The second-order valence-corrected chi connectivity index (χ2v) is 5.97. The van der Waals surface area contributed by atoms with E-state index >= 15 is 0 Å². The van der Waals surface area contributed by atoms with Gasteiger partial charge in [0.25, 0.3) is 0 Å². The molecule has 94 valence electrons. The van der Waals surface area contributed by atoms with Crippen LogP contribution in [0.15, 0.2) is 6.20 Å². The lowest BCUT2D eigenvalue weighted by Gasteiger charge is -2.28. The molecule has 1 aromatic rings. The Kier molecular flexibility index (Phi) is 2.91. The maximum atomic E-state index is 6.46. The fraction of sp³-hybridized carbons (Fsp3) is 0.769. The maximum absolute atomic E-state index is 6.46. The molecule has 0 spiro atoms. The van der Waals surface area contributed by atoms with Crippen molar-refractivity contribution in [2.45, 2.75) is 45.2 Å². The molecule has 2 bridgehead atoms. The van der Waals surface area contributed by atoms with E-state index in [1.54, 1.807) is 6.20 Å². The van der Waals surface area contributed by atoms with Crippen molar-refractivity contribution in [2.24, 2.45) is 23.5 Å². The van der Waals surface area contributed by atoms with Crippen LogP contribution >= 0.6 is 11.6 Å². The third kappa shape index (κ3) is 1.80. The van der Waals surface area contributed by atoms with Crippen molar-refractivity contribution in [1.29, 1.82) is 0 Å². The second-order valence-electron chi connectivity index (χ2n) is 5.56. The van der Waals surface area contributed by atoms with Gasteiger partial charge in [-0.3, -0.25) is 4.68 Å². The van der Waals surface area contributed by atoms with Crippen LogP contribution in [0, 0.1) is 17.8 Å². The Morgan fingerprint density at radius 2 is 2.35 bits per heavy atom. The minimum Gasteiger partial charge on any atom is -0.322 e. The number of hydrogen-bond acceptors (Lipinski definition) is 2. The molecule has 4 unspecified atom stereocenters. The van der Waals surface area contributed by atoms with E-state index < -0.39 is 0 Å². The molecule has 0 amide bonds. The minimum atomic E-state index is 0.0697. The first kappa shape index (κ1) is 11.5. The summed E-state index contributed by atoms with van der Waals surface area (Å²) in [5, 5.41) is 5.03. The molecule has 4 atom stereocenters. The lowest BCUT2D eigenvalue weighted by molar-refractivity contribution is 0.275. The van der Waals surface area contributed by atoms with Crippen LogP contribution in [0.2, 0.25) is 5.02 Å². The normalized spacial score (nSPS) is 33.2. The van der Waals surface area contributed by atoms with E-state index in [0.717, 1.165) is 29.1 Å². The van der Waals surface area contributed by atoms with Crippen molar-refractivity contribution in [3.63, 3.8) is 0 Å². The highest BCUT2D eigenvalue weighted by Gasteiger charge is 2.43. The molecule has 1 aromatic heterocycles. The molecule has 3 rings (SSSR count). The van der Waals surface area contributed by atoms with Gasteiger partial charge in [-0.25, -0.2) is 0 Å². The van der Waals surface area contributed by atoms with Crippen molar-refractivity contribution in [2.75, 3.05) is 0 Å². The Labute approximate surface area is 107 Å². The first-order chi connectivity index (χ1) is 8.20. The second kappa shape index (κ2) is 4.29. The molecule has 0 aliphatic heterocycles. The Morgan fingerprint density at radius 1 is 1.53 bits per heavy atom. The summed E-state index contributed by atoms with van der Waals surface area (Å²) < 4.78 is 1.96. The van der Waals surface area contributed by atoms with E-state index in [-0.39, 0.29) is 6.04 Å². The highest BCUT2D eigenvalue weighted by Crippen LogP contribution is 2.52. The molecule has 17 heavy (non-hydrogen) atoms. The first-order valence-electron chi connectivity index (χ1n) is 6.67. The summed E-state index contributed by atoms with van der Waals surface area (Å²) in [5.41, 5.74) is 7.51. The molecule has 2 aliphatic rings. The molecule has 0 aromatic carbocycles. The number of halogens is 1. The summed E-state index contributed by atoms with van der Waals surface area (Å²) in [4.78, 5) is 0. The number of nitrogens with zero attached hydrogens (tertiary/aromatic N) is 2. The van der Waals surface area contributed by atoms with Crippen molar-refractivity contribution < 1.29 is 0 Å². The van der Waals surface area contributed by atoms with Gasteiger partial charge in [0.2, 0.25) is 0 Å². The molecule has 2 aliphatic carbocycles. The van der Waals surface area contributed by atoms with Crippen LogP contribution in [0.5, 0.6) is 0 Å². The number of aryl methyl sites for hydroxylation is 1. The van der Waals surface area contributed by atoms with Gasteiger partial charge in [0.05, 0.1) is 23.0 Å². The zero-order valence-electron chi connectivity index (χ0n) is 10.3. The van der Waals surface area contributed by atoms with Crippen molar-refractivity contribution in [3.8, 4) is 0 Å². The molecule has 0 radical (unpaired) electrons. The molecular weight excluding hydrogens is 234 g/mol. The SMILES string of the molecule is CCn1ncc(Cl)c1C(N)C1CC2CCC1C2. The summed E-state index contributed by atoms with van der Waals surface area (Å²) in [7, 11) is 0. The summed E-state index contributed by atoms with van der Waals surface area (Å²) in [6.45, 7) is 2.93. The smallest absolute Gasteiger partial charge is 0.0834 e. The average molecular weight is 254 g/mol. The minimum absolute atomic E-state index is 0.0697. The third-order valence-corrected chi connectivity index (χ3v) is 4.99. The van der Waals surface area contributed by atoms with Gasteiger partial charge in [-0.05, 0) is 43.9 Å². The number of fused-ring (bicyclic) bond motifs is 2. The summed E-state index contributed by atoms with van der Waals surface area (Å²) in [6, 6.07) is 0.0697. The van der Waals surface area contributed by atoms with Crippen LogP contribution < -0.4 is 5.73 Å². The molecule has 4 heteroatoms. The van der Waals surface area contributed by atoms with E-state index in [4.69, 9.17) is 17.3 Å². The van der Waals surface area contributed by atoms with E-state index in [2.05, 4.69) is 12.0 Å². The standard InChI is InChI=1S/C13H20ClN3/c1-2-17-13(11(14)7-16-17)12(15)10-6-8-3-4-9(10)5-8/h7-10,12H,2-6,15H2,1H3.